The Hall–Kier alpha value is -4.37. The molecule has 0 N–H and O–H groups in total. The number of allylic oxidation sites excluding steroid dienone is 26. The second-order valence-electron chi connectivity index (χ2n) is 17.8. The molecular formula is C54H63N3. The van der Waals surface area contributed by atoms with Gasteiger partial charge in [0.2, 0.25) is 0 Å². The Kier molecular flexibility index (Phi) is 12.1. The van der Waals surface area contributed by atoms with Gasteiger partial charge in [-0.3, -0.25) is 0 Å². The van der Waals surface area contributed by atoms with Crippen LogP contribution in [-0.4, -0.2) is 15.0 Å². The fraction of sp³-hybridized carbons (Fsp3) is 0.463. The first-order valence-corrected chi connectivity index (χ1v) is 22.9. The predicted octanol–water partition coefficient (Wildman–Crippen LogP) is 14.3. The zero-order chi connectivity index (χ0) is 38.4. The van der Waals surface area contributed by atoms with E-state index in [0.29, 0.717) is 29.6 Å². The summed E-state index contributed by atoms with van der Waals surface area (Å²) in [6, 6.07) is 0. The van der Waals surface area contributed by atoms with Crippen molar-refractivity contribution in [3.63, 3.8) is 0 Å². The van der Waals surface area contributed by atoms with Gasteiger partial charge in [0.25, 0.3) is 0 Å². The van der Waals surface area contributed by atoms with Crippen LogP contribution in [0, 0.1) is 23.7 Å². The molecular weight excluding hydrogens is 691 g/mol. The molecule has 6 unspecified atom stereocenters. The highest BCUT2D eigenvalue weighted by Gasteiger charge is 2.33. The summed E-state index contributed by atoms with van der Waals surface area (Å²) >= 11 is 0. The zero-order valence-electron chi connectivity index (χ0n) is 34.4. The highest BCUT2D eigenvalue weighted by molar-refractivity contribution is 5.61. The van der Waals surface area contributed by atoms with Crippen LogP contribution >= 0.6 is 0 Å². The maximum absolute atomic E-state index is 5.42. The van der Waals surface area contributed by atoms with Gasteiger partial charge in [-0.15, -0.1) is 0 Å². The maximum atomic E-state index is 5.42. The van der Waals surface area contributed by atoms with Crippen LogP contribution in [0.15, 0.2) is 148 Å². The largest absolute Gasteiger partial charge is 0.217 e. The molecule has 0 saturated carbocycles. The zero-order valence-corrected chi connectivity index (χ0v) is 34.4. The molecule has 8 aliphatic carbocycles. The molecule has 0 fully saturated rings. The van der Waals surface area contributed by atoms with E-state index < -0.39 is 0 Å². The lowest BCUT2D eigenvalue weighted by Gasteiger charge is -2.32. The summed E-state index contributed by atoms with van der Waals surface area (Å²) in [6.07, 6.45) is 63.6. The Morgan fingerprint density at radius 1 is 0.579 bits per heavy atom. The Morgan fingerprint density at radius 3 is 2.11 bits per heavy atom. The third-order valence-electron chi connectivity index (χ3n) is 14.3. The second-order valence-corrected chi connectivity index (χ2v) is 17.8. The first kappa shape index (κ1) is 38.2. The Morgan fingerprint density at radius 2 is 1.42 bits per heavy atom. The molecule has 3 nitrogen and oxygen atoms in total. The van der Waals surface area contributed by atoms with E-state index in [1.165, 1.54) is 42.4 Å². The third kappa shape index (κ3) is 8.74. The predicted molar refractivity (Wildman–Crippen MR) is 238 cm³/mol. The van der Waals surface area contributed by atoms with Gasteiger partial charge in [-0.1, -0.05) is 133 Å². The van der Waals surface area contributed by atoms with Gasteiger partial charge in [-0.25, -0.2) is 15.0 Å². The molecule has 0 amide bonds. The highest BCUT2D eigenvalue weighted by atomic mass is 15.0. The summed E-state index contributed by atoms with van der Waals surface area (Å²) in [4.78, 5) is 16.2. The molecule has 6 atom stereocenters. The monoisotopic (exact) mass is 754 g/mol. The molecule has 0 radical (unpaired) electrons. The van der Waals surface area contributed by atoms with E-state index in [1.807, 2.05) is 0 Å². The minimum absolute atomic E-state index is 0.256. The van der Waals surface area contributed by atoms with E-state index in [-0.39, 0.29) is 5.92 Å². The third-order valence-corrected chi connectivity index (χ3v) is 14.3. The maximum Gasteiger partial charge on any atom is 0.159 e. The van der Waals surface area contributed by atoms with E-state index in [0.717, 1.165) is 107 Å². The molecule has 1 aromatic heterocycles. The molecule has 0 spiro atoms. The molecule has 1 aromatic rings. The van der Waals surface area contributed by atoms with Crippen molar-refractivity contribution < 1.29 is 0 Å². The van der Waals surface area contributed by atoms with Crippen LogP contribution in [-0.2, 0) is 0 Å². The standard InChI is InChI=1S/C54H63N3/c1-2-38-23-36-49(41-19-11-5-12-20-41)37-50(51(38)45-21-13-6-14-22-45)44-28-34-48(35-29-44)54-56-52(46-30-24-42(25-31-46)39-15-7-3-8-16-39)55-53(57-54)47-32-26-43(27-33-47)40-17-9-4-10-18-40/h3-4,7-9,11,13,15,17,19-22,24,28,30,32,36,39,42-43,46,48,50H,2,5-6,10,12,14,16,18,23,25-27,29,31,33-35,37H2,1H3. The number of nitrogens with zero attached hydrogens (tertiary/aromatic N) is 3. The Bertz CT molecular complexity index is 2100. The van der Waals surface area contributed by atoms with Crippen LogP contribution in [0.4, 0.5) is 0 Å². The molecule has 8 aliphatic rings. The van der Waals surface area contributed by atoms with Gasteiger partial charge in [0.1, 0.15) is 11.6 Å². The van der Waals surface area contributed by atoms with E-state index in [1.54, 1.807) is 27.9 Å². The lowest BCUT2D eigenvalue weighted by molar-refractivity contribution is 0.403. The fourth-order valence-corrected chi connectivity index (χ4v) is 10.9. The van der Waals surface area contributed by atoms with E-state index >= 15 is 0 Å². The van der Waals surface area contributed by atoms with Crippen molar-refractivity contribution in [3.8, 4) is 0 Å². The van der Waals surface area contributed by atoms with Crippen LogP contribution in [0.5, 0.6) is 0 Å². The van der Waals surface area contributed by atoms with Crippen LogP contribution in [0.2, 0.25) is 0 Å². The quantitative estimate of drug-likeness (QED) is 0.236. The van der Waals surface area contributed by atoms with Crippen molar-refractivity contribution >= 4 is 5.57 Å². The van der Waals surface area contributed by atoms with Crippen LogP contribution in [0.3, 0.4) is 0 Å². The van der Waals surface area contributed by atoms with Crippen LogP contribution < -0.4 is 0 Å². The summed E-state index contributed by atoms with van der Waals surface area (Å²) in [7, 11) is 0. The topological polar surface area (TPSA) is 38.7 Å². The lowest BCUT2D eigenvalue weighted by Crippen LogP contribution is -2.20. The SMILES string of the molecule is CCC1=C(C2=CCCC=C2)C(C2=CCC(c3nc(C4=CCC(C5=CC=CCC5)CC4)nc(C4C=CC(C5C=CC=CC5)CC4)n3)CC2)CC(C2=CCCC=C2)=CC1. The number of aromatic nitrogens is 3. The number of hydrogen-bond donors (Lipinski definition) is 0. The minimum Gasteiger partial charge on any atom is -0.217 e. The first-order valence-electron chi connectivity index (χ1n) is 22.9. The molecule has 0 bridgehead atoms. The van der Waals surface area contributed by atoms with Crippen molar-refractivity contribution in [1.82, 2.24) is 15.0 Å². The Balaban J connectivity index is 1.01. The van der Waals surface area contributed by atoms with Crippen molar-refractivity contribution in [2.75, 3.05) is 0 Å². The summed E-state index contributed by atoms with van der Waals surface area (Å²) in [5, 5.41) is 0. The lowest BCUT2D eigenvalue weighted by atomic mass is 9.74. The molecule has 0 aromatic carbocycles. The van der Waals surface area contributed by atoms with Gasteiger partial charge in [0.05, 0.1) is 0 Å². The summed E-state index contributed by atoms with van der Waals surface area (Å²) < 4.78 is 0. The first-order chi connectivity index (χ1) is 28.2. The van der Waals surface area contributed by atoms with Crippen molar-refractivity contribution in [2.24, 2.45) is 23.7 Å². The molecule has 57 heavy (non-hydrogen) atoms. The number of hydrogen-bond acceptors (Lipinski definition) is 3. The van der Waals surface area contributed by atoms with Crippen LogP contribution in [0.25, 0.3) is 5.57 Å². The van der Waals surface area contributed by atoms with E-state index in [4.69, 9.17) is 15.0 Å². The number of rotatable bonds is 9. The van der Waals surface area contributed by atoms with Crippen LogP contribution in [0.1, 0.15) is 152 Å². The average Bonchev–Trinajstić information content (AvgIpc) is 3.50. The summed E-state index contributed by atoms with van der Waals surface area (Å²) in [5.74, 6) is 5.86. The molecule has 0 saturated heterocycles. The highest BCUT2D eigenvalue weighted by Crippen LogP contribution is 2.46. The van der Waals surface area contributed by atoms with Crippen molar-refractivity contribution in [3.05, 3.63) is 166 Å². The van der Waals surface area contributed by atoms with E-state index in [9.17, 15) is 0 Å². The Labute approximate surface area is 343 Å². The molecule has 0 aliphatic heterocycles. The molecule has 294 valence electrons. The molecule has 9 rings (SSSR count). The van der Waals surface area contributed by atoms with Gasteiger partial charge in [-0.2, -0.15) is 0 Å². The summed E-state index contributed by atoms with van der Waals surface area (Å²) in [6.45, 7) is 2.37. The molecule has 3 heteroatoms. The van der Waals surface area contributed by atoms with Crippen molar-refractivity contribution in [1.29, 1.82) is 0 Å². The van der Waals surface area contributed by atoms with Gasteiger partial charge >= 0.3 is 0 Å². The van der Waals surface area contributed by atoms with Crippen molar-refractivity contribution in [2.45, 2.75) is 134 Å². The normalized spacial score (nSPS) is 30.3. The van der Waals surface area contributed by atoms with Gasteiger partial charge in [0.15, 0.2) is 5.82 Å². The molecule has 1 heterocycles. The minimum atomic E-state index is 0.256. The van der Waals surface area contributed by atoms with Gasteiger partial charge in [-0.05, 0) is 161 Å². The fourth-order valence-electron chi connectivity index (χ4n) is 10.9. The smallest absolute Gasteiger partial charge is 0.159 e. The van der Waals surface area contributed by atoms with Gasteiger partial charge < -0.3 is 0 Å². The van der Waals surface area contributed by atoms with Gasteiger partial charge in [0, 0.05) is 17.8 Å². The van der Waals surface area contributed by atoms with E-state index in [2.05, 4.69) is 116 Å². The second kappa shape index (κ2) is 18.0. The summed E-state index contributed by atoms with van der Waals surface area (Å²) in [5.41, 5.74) is 12.3. The average molecular weight is 754 g/mol.